The molecule has 0 bridgehead atoms. The van der Waals surface area contributed by atoms with Crippen molar-refractivity contribution >= 4 is 29.1 Å². The molecule has 1 aromatic rings. The molecule has 17 heteroatoms. The molecule has 2 saturated heterocycles. The topological polar surface area (TPSA) is 172 Å². The van der Waals surface area contributed by atoms with E-state index in [-0.39, 0.29) is 60.8 Å². The molecule has 0 aromatic carbocycles. The lowest BCUT2D eigenvalue weighted by Crippen LogP contribution is -2.66. The minimum absolute atomic E-state index is 0.0133. The smallest absolute Gasteiger partial charge is 0.335 e. The minimum atomic E-state index is -3.17. The fourth-order valence-electron chi connectivity index (χ4n) is 6.24. The number of aromatic amines is 1. The molecule has 0 amide bonds. The Morgan fingerprint density at radius 3 is 1.88 bits per heavy atom. The van der Waals surface area contributed by atoms with Gasteiger partial charge < -0.3 is 46.4 Å². The van der Waals surface area contributed by atoms with Gasteiger partial charge in [0.05, 0.1) is 25.4 Å². The fourth-order valence-corrected chi connectivity index (χ4v) is 17.5. The third-order valence-electron chi connectivity index (χ3n) is 8.71. The molecule has 3 heterocycles. The van der Waals surface area contributed by atoms with E-state index in [2.05, 4.69) is 60.4 Å². The number of rotatable bonds is 15. The van der Waals surface area contributed by atoms with Crippen LogP contribution in [0.15, 0.2) is 15.8 Å². The lowest BCUT2D eigenvalue weighted by Gasteiger charge is -2.51. The summed E-state index contributed by atoms with van der Waals surface area (Å²) in [6.07, 6.45) is -2.26. The van der Waals surface area contributed by atoms with Crippen molar-refractivity contribution in [1.82, 2.24) is 9.55 Å². The SMILES string of the molecule is CC(=O)OCCOC(OCCOC(C)=O)O[C@@H]1[C@@H]2O[Si](C(C)C)(C(C)C)O[Si](C(C)C)(C(C)C)OC[C@H]2O[C@H]1c1c[nH]c(=O)n(C)c1=O. The largest absolute Gasteiger partial charge is 0.463 e. The Hall–Kier alpha value is -2.23. The molecule has 1 aromatic heterocycles. The summed E-state index contributed by atoms with van der Waals surface area (Å²) in [4.78, 5) is 51.1. The van der Waals surface area contributed by atoms with Gasteiger partial charge in [0.25, 0.3) is 12.0 Å². The van der Waals surface area contributed by atoms with E-state index in [4.69, 9.17) is 41.4 Å². The molecule has 4 atom stereocenters. The second kappa shape index (κ2) is 17.1. The Morgan fingerprint density at radius 1 is 0.875 bits per heavy atom. The molecule has 48 heavy (non-hydrogen) atoms. The van der Waals surface area contributed by atoms with Crippen LogP contribution in [0.1, 0.15) is 80.9 Å². The van der Waals surface area contributed by atoms with Crippen molar-refractivity contribution in [2.24, 2.45) is 7.05 Å². The van der Waals surface area contributed by atoms with E-state index in [1.807, 2.05) is 0 Å². The number of ether oxygens (including phenoxy) is 6. The molecule has 2 fully saturated rings. The predicted molar refractivity (Wildman–Crippen MR) is 178 cm³/mol. The fraction of sp³-hybridized carbons (Fsp3) is 0.806. The maximum Gasteiger partial charge on any atom is 0.335 e. The Balaban J connectivity index is 2.13. The molecule has 0 spiro atoms. The monoisotopic (exact) mass is 718 g/mol. The highest BCUT2D eigenvalue weighted by molar-refractivity contribution is 6.84. The second-order valence-electron chi connectivity index (χ2n) is 13.4. The van der Waals surface area contributed by atoms with Gasteiger partial charge in [-0.1, -0.05) is 55.4 Å². The van der Waals surface area contributed by atoms with E-state index in [1.54, 1.807) is 0 Å². The van der Waals surface area contributed by atoms with Crippen molar-refractivity contribution in [3.63, 3.8) is 0 Å². The van der Waals surface area contributed by atoms with Gasteiger partial charge in [0, 0.05) is 27.1 Å². The van der Waals surface area contributed by atoms with E-state index in [1.165, 1.54) is 27.1 Å². The zero-order valence-electron chi connectivity index (χ0n) is 30.1. The van der Waals surface area contributed by atoms with Gasteiger partial charge in [-0.2, -0.15) is 0 Å². The van der Waals surface area contributed by atoms with Gasteiger partial charge in [-0.05, 0) is 22.2 Å². The molecule has 0 radical (unpaired) electrons. The zero-order chi connectivity index (χ0) is 36.0. The van der Waals surface area contributed by atoms with Crippen molar-refractivity contribution in [2.75, 3.05) is 33.0 Å². The summed E-state index contributed by atoms with van der Waals surface area (Å²) in [5.41, 5.74) is -0.863. The Kier molecular flexibility index (Phi) is 14.3. The number of hydrogen-bond acceptors (Lipinski definition) is 13. The first-order valence-corrected chi connectivity index (χ1v) is 20.5. The van der Waals surface area contributed by atoms with Crippen LogP contribution in [0, 0.1) is 0 Å². The molecule has 3 rings (SSSR count). The van der Waals surface area contributed by atoms with Crippen LogP contribution in [0.2, 0.25) is 22.2 Å². The first-order chi connectivity index (χ1) is 22.5. The third-order valence-corrected chi connectivity index (χ3v) is 19.0. The number of hydrogen-bond donors (Lipinski definition) is 1. The van der Waals surface area contributed by atoms with Crippen LogP contribution < -0.4 is 11.2 Å². The molecule has 0 aliphatic carbocycles. The van der Waals surface area contributed by atoms with Gasteiger partial charge >= 0.3 is 34.8 Å². The second-order valence-corrected chi connectivity index (χ2v) is 22.2. The lowest BCUT2D eigenvalue weighted by atomic mass is 10.0. The average molecular weight is 719 g/mol. The number of fused-ring (bicyclic) bond motifs is 1. The van der Waals surface area contributed by atoms with Crippen LogP contribution in [0.25, 0.3) is 0 Å². The standard InChI is InChI=1S/C31H54N2O13Si2/c1-18(2)47(19(3)4)42-17-25-27(45-48(46-47,20(5)6)21(7)8)28(26(43-25)24-16-32-30(37)33(11)29(24)36)44-31(40-14-12-38-22(9)34)41-15-13-39-23(10)35/h16,18-21,25-28,31H,12-15,17H2,1-11H3,(H,32,37)/t25-,26+,27-,28+/m1/s1. The quantitative estimate of drug-likeness (QED) is 0.121. The van der Waals surface area contributed by atoms with Gasteiger partial charge in [-0.25, -0.2) is 4.79 Å². The van der Waals surface area contributed by atoms with Crippen molar-refractivity contribution < 1.29 is 51.0 Å². The van der Waals surface area contributed by atoms with Gasteiger partial charge in [0.1, 0.15) is 37.6 Å². The number of aromatic nitrogens is 2. The van der Waals surface area contributed by atoms with Gasteiger partial charge in [0.2, 0.25) is 0 Å². The van der Waals surface area contributed by atoms with Gasteiger partial charge in [-0.3, -0.25) is 19.0 Å². The first-order valence-electron chi connectivity index (χ1n) is 16.6. The van der Waals surface area contributed by atoms with E-state index in [0.29, 0.717) is 0 Å². The van der Waals surface area contributed by atoms with Crippen molar-refractivity contribution in [2.45, 2.75) is 122 Å². The normalized spacial score (nSPS) is 23.8. The van der Waals surface area contributed by atoms with Crippen LogP contribution in [0.4, 0.5) is 0 Å². The van der Waals surface area contributed by atoms with E-state index >= 15 is 0 Å². The number of nitrogens with zero attached hydrogens (tertiary/aromatic N) is 1. The van der Waals surface area contributed by atoms with E-state index in [0.717, 1.165) is 4.57 Å². The van der Waals surface area contributed by atoms with Crippen LogP contribution in [0.5, 0.6) is 0 Å². The summed E-state index contributed by atoms with van der Waals surface area (Å²) in [5.74, 6) is -0.969. The average Bonchev–Trinajstić information content (AvgIpc) is 3.30. The highest BCUT2D eigenvalue weighted by Gasteiger charge is 2.62. The van der Waals surface area contributed by atoms with Crippen LogP contribution >= 0.6 is 0 Å². The molecule has 0 saturated carbocycles. The molecule has 1 N–H and O–H groups in total. The van der Waals surface area contributed by atoms with Crippen molar-refractivity contribution in [3.8, 4) is 0 Å². The summed E-state index contributed by atoms with van der Waals surface area (Å²) < 4.78 is 57.2. The maximum absolute atomic E-state index is 13.5. The summed E-state index contributed by atoms with van der Waals surface area (Å²) in [6.45, 7) is 17.7. The third kappa shape index (κ3) is 9.11. The highest BCUT2D eigenvalue weighted by atomic mass is 28.5. The molecule has 0 unspecified atom stereocenters. The van der Waals surface area contributed by atoms with Crippen molar-refractivity contribution in [1.29, 1.82) is 0 Å². The van der Waals surface area contributed by atoms with Crippen LogP contribution in [-0.4, -0.2) is 96.4 Å². The summed E-state index contributed by atoms with van der Waals surface area (Å²) in [6, 6.07) is 0. The Morgan fingerprint density at radius 2 is 1.40 bits per heavy atom. The summed E-state index contributed by atoms with van der Waals surface area (Å²) in [5, 5.41) is 0. The van der Waals surface area contributed by atoms with E-state index < -0.39 is 71.2 Å². The molecular formula is C31H54N2O13Si2. The minimum Gasteiger partial charge on any atom is -0.463 e. The Bertz CT molecular complexity index is 1310. The first kappa shape index (κ1) is 40.2. The van der Waals surface area contributed by atoms with Crippen LogP contribution in [-0.2, 0) is 58.0 Å². The molecule has 274 valence electrons. The van der Waals surface area contributed by atoms with E-state index in [9.17, 15) is 19.2 Å². The molecule has 2 aliphatic rings. The highest BCUT2D eigenvalue weighted by Crippen LogP contribution is 2.49. The number of nitrogens with one attached hydrogen (secondary N) is 1. The number of H-pyrrole nitrogens is 1. The van der Waals surface area contributed by atoms with Gasteiger partial charge in [0.15, 0.2) is 0 Å². The molecule has 2 aliphatic heterocycles. The number of esters is 2. The van der Waals surface area contributed by atoms with Crippen LogP contribution in [0.3, 0.4) is 0 Å². The van der Waals surface area contributed by atoms with Gasteiger partial charge in [-0.15, -0.1) is 0 Å². The maximum atomic E-state index is 13.5. The zero-order valence-corrected chi connectivity index (χ0v) is 32.1. The number of carbonyl (C=O) groups excluding carboxylic acids is 2. The summed E-state index contributed by atoms with van der Waals surface area (Å²) in [7, 11) is -4.72. The summed E-state index contributed by atoms with van der Waals surface area (Å²) >= 11 is 0. The van der Waals surface area contributed by atoms with Crippen molar-refractivity contribution in [3.05, 3.63) is 32.6 Å². The number of carbonyl (C=O) groups is 2. The molecular weight excluding hydrogens is 665 g/mol. The predicted octanol–water partition coefficient (Wildman–Crippen LogP) is 3.30. The lowest BCUT2D eigenvalue weighted by molar-refractivity contribution is -0.317. The molecule has 15 nitrogen and oxygen atoms in total. The Labute approximate surface area is 284 Å².